The Bertz CT molecular complexity index is 683. The lowest BCUT2D eigenvalue weighted by Gasteiger charge is -2.09. The summed E-state index contributed by atoms with van der Waals surface area (Å²) in [5.74, 6) is -1.64. The molecule has 1 heterocycles. The molecule has 0 spiro atoms. The van der Waals surface area contributed by atoms with Crippen molar-refractivity contribution in [2.75, 3.05) is 10.6 Å². The van der Waals surface area contributed by atoms with Crippen molar-refractivity contribution in [2.45, 2.75) is 6.92 Å². The van der Waals surface area contributed by atoms with Crippen molar-refractivity contribution < 1.29 is 19.8 Å². The molecule has 0 atom stereocenters. The number of carboxylic acids is 1. The molecule has 21 heavy (non-hydrogen) atoms. The summed E-state index contributed by atoms with van der Waals surface area (Å²) in [7, 11) is 0. The normalized spacial score (nSPS) is 9.95. The van der Waals surface area contributed by atoms with Crippen LogP contribution in [0.25, 0.3) is 0 Å². The number of rotatable bonds is 3. The van der Waals surface area contributed by atoms with Crippen molar-refractivity contribution >= 4 is 23.4 Å². The summed E-state index contributed by atoms with van der Waals surface area (Å²) in [5.41, 5.74) is 1.30. The molecule has 0 aliphatic heterocycles. The SMILES string of the molecule is Cc1ccc(NC(=O)Nc2ccc(O)c(C(=O)O)c2)cn1. The zero-order valence-corrected chi connectivity index (χ0v) is 11.1. The molecule has 1 aromatic carbocycles. The van der Waals surface area contributed by atoms with Gasteiger partial charge < -0.3 is 20.8 Å². The molecule has 2 rings (SSSR count). The van der Waals surface area contributed by atoms with Crippen molar-refractivity contribution in [1.29, 1.82) is 0 Å². The van der Waals surface area contributed by atoms with Crippen LogP contribution in [0.4, 0.5) is 16.2 Å². The number of anilines is 2. The summed E-state index contributed by atoms with van der Waals surface area (Å²) < 4.78 is 0. The highest BCUT2D eigenvalue weighted by Crippen LogP contribution is 2.21. The average Bonchev–Trinajstić information content (AvgIpc) is 2.43. The maximum atomic E-state index is 11.8. The van der Waals surface area contributed by atoms with Gasteiger partial charge in [0.25, 0.3) is 0 Å². The summed E-state index contributed by atoms with van der Waals surface area (Å²) in [6.45, 7) is 1.83. The third kappa shape index (κ3) is 3.69. The van der Waals surface area contributed by atoms with E-state index in [1.54, 1.807) is 12.1 Å². The van der Waals surface area contributed by atoms with Crippen LogP contribution in [0.15, 0.2) is 36.5 Å². The smallest absolute Gasteiger partial charge is 0.339 e. The van der Waals surface area contributed by atoms with Gasteiger partial charge in [0, 0.05) is 11.4 Å². The fourth-order valence-electron chi connectivity index (χ4n) is 1.62. The molecule has 7 heteroatoms. The van der Waals surface area contributed by atoms with Gasteiger partial charge in [0.05, 0.1) is 11.9 Å². The van der Waals surface area contributed by atoms with E-state index in [-0.39, 0.29) is 17.0 Å². The summed E-state index contributed by atoms with van der Waals surface area (Å²) in [6.07, 6.45) is 1.51. The van der Waals surface area contributed by atoms with Crippen LogP contribution in [0, 0.1) is 6.92 Å². The minimum Gasteiger partial charge on any atom is -0.507 e. The molecule has 4 N–H and O–H groups in total. The number of aromatic carboxylic acids is 1. The minimum atomic E-state index is -1.28. The third-order valence-electron chi connectivity index (χ3n) is 2.65. The second-order valence-corrected chi connectivity index (χ2v) is 4.30. The Morgan fingerprint density at radius 1 is 1.10 bits per heavy atom. The van der Waals surface area contributed by atoms with Crippen molar-refractivity contribution in [3.05, 3.63) is 47.8 Å². The number of carbonyl (C=O) groups excluding carboxylic acids is 1. The molecule has 2 aromatic rings. The number of aromatic hydroxyl groups is 1. The molecule has 2 amide bonds. The molecule has 0 aliphatic rings. The van der Waals surface area contributed by atoms with E-state index < -0.39 is 12.0 Å². The number of urea groups is 1. The summed E-state index contributed by atoms with van der Waals surface area (Å²) in [6, 6.07) is 6.68. The molecular formula is C14H13N3O4. The zero-order chi connectivity index (χ0) is 15.4. The number of hydrogen-bond acceptors (Lipinski definition) is 4. The van der Waals surface area contributed by atoms with Gasteiger partial charge in [0.2, 0.25) is 0 Å². The van der Waals surface area contributed by atoms with Crippen LogP contribution < -0.4 is 10.6 Å². The number of carboxylic acid groups (broad SMARTS) is 1. The predicted octanol–water partition coefficient (Wildman–Crippen LogP) is 2.44. The van der Waals surface area contributed by atoms with Gasteiger partial charge in [-0.2, -0.15) is 0 Å². The van der Waals surface area contributed by atoms with Gasteiger partial charge in [0.15, 0.2) is 0 Å². The van der Waals surface area contributed by atoms with E-state index in [1.807, 2.05) is 6.92 Å². The van der Waals surface area contributed by atoms with Gasteiger partial charge in [-0.15, -0.1) is 0 Å². The number of benzene rings is 1. The Hall–Kier alpha value is -3.09. The lowest BCUT2D eigenvalue weighted by molar-refractivity contribution is 0.0693. The number of aryl methyl sites for hydroxylation is 1. The topological polar surface area (TPSA) is 112 Å². The van der Waals surface area contributed by atoms with Gasteiger partial charge in [-0.3, -0.25) is 4.98 Å². The zero-order valence-electron chi connectivity index (χ0n) is 11.1. The molecule has 0 bridgehead atoms. The molecule has 108 valence electrons. The van der Waals surface area contributed by atoms with Crippen LogP contribution in [0.2, 0.25) is 0 Å². The van der Waals surface area contributed by atoms with E-state index in [0.29, 0.717) is 5.69 Å². The largest absolute Gasteiger partial charge is 0.507 e. The Morgan fingerprint density at radius 2 is 1.76 bits per heavy atom. The standard InChI is InChI=1S/C14H13N3O4/c1-8-2-3-10(7-15-8)17-14(21)16-9-4-5-12(18)11(6-9)13(19)20/h2-7,18H,1H3,(H,19,20)(H2,16,17,21). The Kier molecular flexibility index (Phi) is 4.03. The lowest BCUT2D eigenvalue weighted by atomic mass is 10.2. The summed E-state index contributed by atoms with van der Waals surface area (Å²) in [4.78, 5) is 26.7. The van der Waals surface area contributed by atoms with E-state index in [1.165, 1.54) is 24.4 Å². The number of pyridine rings is 1. The Labute approximate surface area is 120 Å². The second-order valence-electron chi connectivity index (χ2n) is 4.30. The quantitative estimate of drug-likeness (QED) is 0.648. The number of hydrogen-bond donors (Lipinski definition) is 4. The van der Waals surface area contributed by atoms with Gasteiger partial charge in [0.1, 0.15) is 11.3 Å². The van der Waals surface area contributed by atoms with Crippen molar-refractivity contribution in [3.8, 4) is 5.75 Å². The third-order valence-corrected chi connectivity index (χ3v) is 2.65. The van der Waals surface area contributed by atoms with Gasteiger partial charge in [-0.1, -0.05) is 0 Å². The van der Waals surface area contributed by atoms with Crippen LogP contribution in [0.5, 0.6) is 5.75 Å². The molecule has 0 unspecified atom stereocenters. The molecular weight excluding hydrogens is 274 g/mol. The van der Waals surface area contributed by atoms with Gasteiger partial charge in [-0.25, -0.2) is 9.59 Å². The van der Waals surface area contributed by atoms with Crippen molar-refractivity contribution in [3.63, 3.8) is 0 Å². The van der Waals surface area contributed by atoms with Gasteiger partial charge in [-0.05, 0) is 37.3 Å². The molecule has 7 nitrogen and oxygen atoms in total. The van der Waals surface area contributed by atoms with E-state index in [9.17, 15) is 14.7 Å². The van der Waals surface area contributed by atoms with Crippen molar-refractivity contribution in [1.82, 2.24) is 4.98 Å². The van der Waals surface area contributed by atoms with E-state index in [4.69, 9.17) is 5.11 Å². The lowest BCUT2D eigenvalue weighted by Crippen LogP contribution is -2.19. The summed E-state index contributed by atoms with van der Waals surface area (Å²) in [5, 5.41) is 23.3. The van der Waals surface area contributed by atoms with E-state index in [0.717, 1.165) is 5.69 Å². The maximum Gasteiger partial charge on any atom is 0.339 e. The number of phenols is 1. The molecule has 0 saturated carbocycles. The molecule has 0 fully saturated rings. The highest BCUT2D eigenvalue weighted by Gasteiger charge is 2.11. The monoisotopic (exact) mass is 287 g/mol. The van der Waals surface area contributed by atoms with Crippen LogP contribution in [-0.4, -0.2) is 27.2 Å². The first kappa shape index (κ1) is 14.3. The molecule has 0 saturated heterocycles. The van der Waals surface area contributed by atoms with Crippen LogP contribution in [-0.2, 0) is 0 Å². The maximum absolute atomic E-state index is 11.8. The molecule has 0 aliphatic carbocycles. The first-order valence-corrected chi connectivity index (χ1v) is 6.02. The second kappa shape index (κ2) is 5.91. The molecule has 1 aromatic heterocycles. The molecule has 0 radical (unpaired) electrons. The fourth-order valence-corrected chi connectivity index (χ4v) is 1.62. The van der Waals surface area contributed by atoms with E-state index >= 15 is 0 Å². The number of nitrogens with one attached hydrogen (secondary N) is 2. The summed E-state index contributed by atoms with van der Waals surface area (Å²) >= 11 is 0. The minimum absolute atomic E-state index is 0.253. The van der Waals surface area contributed by atoms with Crippen LogP contribution in [0.3, 0.4) is 0 Å². The highest BCUT2D eigenvalue weighted by molar-refractivity contribution is 6.01. The van der Waals surface area contributed by atoms with E-state index in [2.05, 4.69) is 15.6 Å². The number of carbonyl (C=O) groups is 2. The predicted molar refractivity (Wildman–Crippen MR) is 76.7 cm³/mol. The first-order chi connectivity index (χ1) is 9.95. The van der Waals surface area contributed by atoms with Gasteiger partial charge >= 0.3 is 12.0 Å². The van der Waals surface area contributed by atoms with Crippen LogP contribution >= 0.6 is 0 Å². The number of aromatic nitrogens is 1. The first-order valence-electron chi connectivity index (χ1n) is 6.02. The van der Waals surface area contributed by atoms with Crippen LogP contribution in [0.1, 0.15) is 16.1 Å². The Morgan fingerprint density at radius 3 is 2.38 bits per heavy atom. The fraction of sp³-hybridized carbons (Fsp3) is 0.0714. The van der Waals surface area contributed by atoms with Crippen molar-refractivity contribution in [2.24, 2.45) is 0 Å². The number of nitrogens with zero attached hydrogens (tertiary/aromatic N) is 1. The average molecular weight is 287 g/mol. The number of amides is 2. The Balaban J connectivity index is 2.07. The highest BCUT2D eigenvalue weighted by atomic mass is 16.4.